The van der Waals surface area contributed by atoms with Gasteiger partial charge in [-0.2, -0.15) is 0 Å². The summed E-state index contributed by atoms with van der Waals surface area (Å²) >= 11 is 0. The standard InChI is InChI=1S/C19H18N2O/c1-13-15-9-3-4-10-16(15)20-18(13)19(22)21-12-6-8-14-7-2-5-11-17(14)21/h2-5,7,9-11,20H,6,8,12H2,1H3. The molecular formula is C19H18N2O. The smallest absolute Gasteiger partial charge is 0.274 e. The van der Waals surface area contributed by atoms with E-state index in [1.807, 2.05) is 48.2 Å². The minimum Gasteiger partial charge on any atom is -0.350 e. The van der Waals surface area contributed by atoms with Crippen molar-refractivity contribution in [2.24, 2.45) is 0 Å². The van der Waals surface area contributed by atoms with Gasteiger partial charge in [0.15, 0.2) is 0 Å². The number of aryl methyl sites for hydroxylation is 2. The summed E-state index contributed by atoms with van der Waals surface area (Å²) < 4.78 is 0. The van der Waals surface area contributed by atoms with Gasteiger partial charge in [0.2, 0.25) is 0 Å². The molecular weight excluding hydrogens is 272 g/mol. The van der Waals surface area contributed by atoms with Gasteiger partial charge in [0.05, 0.1) is 0 Å². The molecule has 1 amide bonds. The number of nitrogens with zero attached hydrogens (tertiary/aromatic N) is 1. The van der Waals surface area contributed by atoms with E-state index in [1.165, 1.54) is 5.56 Å². The van der Waals surface area contributed by atoms with E-state index in [4.69, 9.17) is 0 Å². The Kier molecular flexibility index (Phi) is 3.00. The highest BCUT2D eigenvalue weighted by molar-refractivity contribution is 6.09. The third-order valence-corrected chi connectivity index (χ3v) is 4.54. The number of para-hydroxylation sites is 2. The quantitative estimate of drug-likeness (QED) is 0.720. The van der Waals surface area contributed by atoms with Gasteiger partial charge in [-0.3, -0.25) is 4.79 Å². The number of benzene rings is 2. The average molecular weight is 290 g/mol. The molecule has 2 aromatic carbocycles. The van der Waals surface area contributed by atoms with Crippen LogP contribution in [0, 0.1) is 6.92 Å². The Morgan fingerprint density at radius 3 is 2.73 bits per heavy atom. The molecule has 2 heterocycles. The first-order valence-electron chi connectivity index (χ1n) is 7.73. The van der Waals surface area contributed by atoms with Gasteiger partial charge in [0.1, 0.15) is 5.69 Å². The third kappa shape index (κ3) is 1.93. The second-order valence-corrected chi connectivity index (χ2v) is 5.86. The van der Waals surface area contributed by atoms with Crippen LogP contribution in [0.5, 0.6) is 0 Å². The molecule has 3 nitrogen and oxygen atoms in total. The topological polar surface area (TPSA) is 36.1 Å². The van der Waals surface area contributed by atoms with Gasteiger partial charge in [-0.05, 0) is 43.0 Å². The zero-order chi connectivity index (χ0) is 15.1. The predicted molar refractivity (Wildman–Crippen MR) is 89.5 cm³/mol. The number of fused-ring (bicyclic) bond motifs is 2. The minimum absolute atomic E-state index is 0.0702. The molecule has 0 saturated heterocycles. The highest BCUT2D eigenvalue weighted by Gasteiger charge is 2.25. The first kappa shape index (κ1) is 13.1. The van der Waals surface area contributed by atoms with Crippen molar-refractivity contribution in [2.75, 3.05) is 11.4 Å². The molecule has 0 unspecified atom stereocenters. The van der Waals surface area contributed by atoms with Crippen LogP contribution in [0.4, 0.5) is 5.69 Å². The van der Waals surface area contributed by atoms with Crippen molar-refractivity contribution < 1.29 is 4.79 Å². The summed E-state index contributed by atoms with van der Waals surface area (Å²) in [6.07, 6.45) is 2.06. The molecule has 1 N–H and O–H groups in total. The van der Waals surface area contributed by atoms with Crippen molar-refractivity contribution in [1.29, 1.82) is 0 Å². The van der Waals surface area contributed by atoms with Crippen LogP contribution in [-0.4, -0.2) is 17.4 Å². The van der Waals surface area contributed by atoms with E-state index in [0.717, 1.165) is 41.5 Å². The Bertz CT molecular complexity index is 863. The number of hydrogen-bond donors (Lipinski definition) is 1. The summed E-state index contributed by atoms with van der Waals surface area (Å²) in [6.45, 7) is 2.80. The van der Waals surface area contributed by atoms with E-state index in [2.05, 4.69) is 17.1 Å². The fourth-order valence-electron chi connectivity index (χ4n) is 3.38. The summed E-state index contributed by atoms with van der Waals surface area (Å²) in [5.41, 5.74) is 5.07. The van der Waals surface area contributed by atoms with Gasteiger partial charge in [0.25, 0.3) is 5.91 Å². The van der Waals surface area contributed by atoms with E-state index in [-0.39, 0.29) is 5.91 Å². The molecule has 3 aromatic rings. The number of nitrogens with one attached hydrogen (secondary N) is 1. The summed E-state index contributed by atoms with van der Waals surface area (Å²) in [6, 6.07) is 16.3. The van der Waals surface area contributed by atoms with Crippen LogP contribution in [0.25, 0.3) is 10.9 Å². The maximum atomic E-state index is 13.0. The Morgan fingerprint density at radius 2 is 1.86 bits per heavy atom. The number of hydrogen-bond acceptors (Lipinski definition) is 1. The van der Waals surface area contributed by atoms with Crippen molar-refractivity contribution in [3.63, 3.8) is 0 Å². The molecule has 22 heavy (non-hydrogen) atoms. The Hall–Kier alpha value is -2.55. The molecule has 1 aliphatic heterocycles. The number of aromatic amines is 1. The number of aromatic nitrogens is 1. The zero-order valence-corrected chi connectivity index (χ0v) is 12.6. The van der Waals surface area contributed by atoms with Gasteiger partial charge < -0.3 is 9.88 Å². The highest BCUT2D eigenvalue weighted by atomic mass is 16.2. The van der Waals surface area contributed by atoms with Crippen LogP contribution in [0.2, 0.25) is 0 Å². The van der Waals surface area contributed by atoms with Crippen molar-refractivity contribution >= 4 is 22.5 Å². The minimum atomic E-state index is 0.0702. The van der Waals surface area contributed by atoms with E-state index in [0.29, 0.717) is 5.69 Å². The van der Waals surface area contributed by atoms with Gasteiger partial charge in [-0.1, -0.05) is 36.4 Å². The second kappa shape index (κ2) is 5.02. The first-order chi connectivity index (χ1) is 10.8. The molecule has 1 aliphatic rings. The molecule has 110 valence electrons. The number of carbonyl (C=O) groups is 1. The van der Waals surface area contributed by atoms with Crippen LogP contribution < -0.4 is 4.90 Å². The van der Waals surface area contributed by atoms with Gasteiger partial charge in [0, 0.05) is 23.1 Å². The van der Waals surface area contributed by atoms with Crippen LogP contribution in [0.15, 0.2) is 48.5 Å². The lowest BCUT2D eigenvalue weighted by atomic mass is 10.0. The molecule has 0 radical (unpaired) electrons. The molecule has 4 rings (SSSR count). The highest BCUT2D eigenvalue weighted by Crippen LogP contribution is 2.30. The summed E-state index contributed by atoms with van der Waals surface area (Å²) in [5.74, 6) is 0.0702. The van der Waals surface area contributed by atoms with Crippen LogP contribution >= 0.6 is 0 Å². The van der Waals surface area contributed by atoms with Gasteiger partial charge in [-0.25, -0.2) is 0 Å². The first-order valence-corrected chi connectivity index (χ1v) is 7.73. The lowest BCUT2D eigenvalue weighted by molar-refractivity contribution is 0.0980. The van der Waals surface area contributed by atoms with Crippen LogP contribution in [0.1, 0.15) is 28.0 Å². The average Bonchev–Trinajstić information content (AvgIpc) is 2.91. The fourth-order valence-corrected chi connectivity index (χ4v) is 3.38. The van der Waals surface area contributed by atoms with Crippen molar-refractivity contribution in [1.82, 2.24) is 4.98 Å². The second-order valence-electron chi connectivity index (χ2n) is 5.86. The lowest BCUT2D eigenvalue weighted by Crippen LogP contribution is -2.36. The summed E-state index contributed by atoms with van der Waals surface area (Å²) in [7, 11) is 0. The Labute approximate surface area is 129 Å². The largest absolute Gasteiger partial charge is 0.350 e. The van der Waals surface area contributed by atoms with Crippen molar-refractivity contribution in [3.8, 4) is 0 Å². The molecule has 0 saturated carbocycles. The molecule has 0 atom stereocenters. The summed E-state index contributed by atoms with van der Waals surface area (Å²) in [5, 5.41) is 1.12. The van der Waals surface area contributed by atoms with Crippen molar-refractivity contribution in [2.45, 2.75) is 19.8 Å². The maximum absolute atomic E-state index is 13.0. The van der Waals surface area contributed by atoms with E-state index < -0.39 is 0 Å². The molecule has 3 heteroatoms. The molecule has 0 fully saturated rings. The van der Waals surface area contributed by atoms with Crippen LogP contribution in [-0.2, 0) is 6.42 Å². The SMILES string of the molecule is Cc1c(C(=O)N2CCCc3ccccc32)[nH]c2ccccc12. The van der Waals surface area contributed by atoms with Gasteiger partial charge in [-0.15, -0.1) is 0 Å². The lowest BCUT2D eigenvalue weighted by Gasteiger charge is -2.29. The Morgan fingerprint density at radius 1 is 1.09 bits per heavy atom. The molecule has 1 aromatic heterocycles. The number of H-pyrrole nitrogens is 1. The number of carbonyl (C=O) groups excluding carboxylic acids is 1. The molecule has 0 spiro atoms. The molecule has 0 bridgehead atoms. The summed E-state index contributed by atoms with van der Waals surface area (Å²) in [4.78, 5) is 18.3. The maximum Gasteiger partial charge on any atom is 0.274 e. The predicted octanol–water partition coefficient (Wildman–Crippen LogP) is 4.07. The third-order valence-electron chi connectivity index (χ3n) is 4.54. The Balaban J connectivity index is 1.80. The van der Waals surface area contributed by atoms with Crippen molar-refractivity contribution in [3.05, 3.63) is 65.4 Å². The zero-order valence-electron chi connectivity index (χ0n) is 12.6. The van der Waals surface area contributed by atoms with E-state index in [1.54, 1.807) is 0 Å². The van der Waals surface area contributed by atoms with Gasteiger partial charge >= 0.3 is 0 Å². The fraction of sp³-hybridized carbons (Fsp3) is 0.211. The monoisotopic (exact) mass is 290 g/mol. The molecule has 0 aliphatic carbocycles. The van der Waals surface area contributed by atoms with E-state index in [9.17, 15) is 4.79 Å². The number of amides is 1. The number of rotatable bonds is 1. The normalized spacial score (nSPS) is 14.1. The van der Waals surface area contributed by atoms with Crippen LogP contribution in [0.3, 0.4) is 0 Å². The van der Waals surface area contributed by atoms with E-state index >= 15 is 0 Å². The number of anilines is 1.